The molecular weight excluding hydrogens is 316 g/mol. The van der Waals surface area contributed by atoms with Gasteiger partial charge in [-0.1, -0.05) is 53.7 Å². The number of rotatable bonds is 3. The van der Waals surface area contributed by atoms with E-state index in [1.807, 2.05) is 12.4 Å². The minimum Gasteiger partial charge on any atom is -0.507 e. The molecule has 24 heavy (non-hydrogen) atoms. The number of aromatic amines is 1. The van der Waals surface area contributed by atoms with Gasteiger partial charge in [-0.05, 0) is 44.8 Å². The number of benzene rings is 1. The van der Waals surface area contributed by atoms with Crippen LogP contribution in [0.5, 0.6) is 5.75 Å². The van der Waals surface area contributed by atoms with Crippen molar-refractivity contribution in [2.75, 3.05) is 0 Å². The number of phenols is 1. The van der Waals surface area contributed by atoms with E-state index in [0.717, 1.165) is 33.6 Å². The van der Waals surface area contributed by atoms with E-state index in [2.05, 4.69) is 64.1 Å². The molecule has 0 saturated carbocycles. The van der Waals surface area contributed by atoms with Crippen molar-refractivity contribution < 1.29 is 5.11 Å². The Morgan fingerprint density at radius 2 is 1.58 bits per heavy atom. The molecule has 0 amide bonds. The molecular formula is C20H26N2OS. The molecule has 0 aliphatic heterocycles. The second-order valence-corrected chi connectivity index (χ2v) is 9.08. The summed E-state index contributed by atoms with van der Waals surface area (Å²) in [6, 6.07) is 4.19. The Labute approximate surface area is 149 Å². The van der Waals surface area contributed by atoms with E-state index < -0.39 is 0 Å². The first-order chi connectivity index (χ1) is 11.0. The highest BCUT2D eigenvalue weighted by Gasteiger charge is 2.26. The summed E-state index contributed by atoms with van der Waals surface area (Å²) in [6.45, 7) is 12.7. The molecule has 128 valence electrons. The number of aromatic nitrogens is 1. The molecule has 0 radical (unpaired) electrons. The fourth-order valence-corrected chi connectivity index (χ4v) is 3.31. The number of nitrogens with zero attached hydrogens (tertiary/aromatic N) is 1. The van der Waals surface area contributed by atoms with E-state index in [1.54, 1.807) is 0 Å². The van der Waals surface area contributed by atoms with E-state index >= 15 is 0 Å². The molecule has 0 atom stereocenters. The molecule has 4 heteroatoms. The predicted molar refractivity (Wildman–Crippen MR) is 101 cm³/mol. The van der Waals surface area contributed by atoms with Gasteiger partial charge in [-0.3, -0.25) is 0 Å². The van der Waals surface area contributed by atoms with Crippen molar-refractivity contribution in [2.24, 2.45) is 0 Å². The lowest BCUT2D eigenvalue weighted by molar-refractivity contribution is 0.423. The third-order valence-electron chi connectivity index (χ3n) is 4.12. The average molecular weight is 343 g/mol. The van der Waals surface area contributed by atoms with Crippen LogP contribution in [0.1, 0.15) is 63.8 Å². The fraction of sp³-hybridized carbons (Fsp3) is 0.450. The summed E-state index contributed by atoms with van der Waals surface area (Å²) in [5.41, 5.74) is 3.92. The van der Waals surface area contributed by atoms with Crippen molar-refractivity contribution in [1.82, 2.24) is 4.98 Å². The minimum absolute atomic E-state index is 0.136. The zero-order chi connectivity index (χ0) is 18.1. The van der Waals surface area contributed by atoms with E-state index in [0.29, 0.717) is 5.75 Å². The third kappa shape index (κ3) is 3.96. The lowest BCUT2D eigenvalue weighted by atomic mass is 9.78. The molecule has 3 nitrogen and oxygen atoms in total. The number of hydrogen-bond donors (Lipinski definition) is 2. The van der Waals surface area contributed by atoms with E-state index in [4.69, 9.17) is 5.26 Å². The molecule has 0 saturated heterocycles. The van der Waals surface area contributed by atoms with Crippen LogP contribution < -0.4 is 0 Å². The Hall–Kier alpha value is -1.86. The number of H-pyrrole nitrogens is 1. The highest BCUT2D eigenvalue weighted by Crippen LogP contribution is 2.40. The van der Waals surface area contributed by atoms with Crippen LogP contribution in [0.25, 0.3) is 0 Å². The van der Waals surface area contributed by atoms with Crippen LogP contribution in [-0.4, -0.2) is 10.1 Å². The highest BCUT2D eigenvalue weighted by molar-refractivity contribution is 8.03. The predicted octanol–water partition coefficient (Wildman–Crippen LogP) is 5.48. The van der Waals surface area contributed by atoms with Gasteiger partial charge in [0.15, 0.2) is 0 Å². The number of nitrogens with one attached hydrogen (secondary N) is 1. The maximum atomic E-state index is 10.8. The highest BCUT2D eigenvalue weighted by atomic mass is 32.2. The van der Waals surface area contributed by atoms with Gasteiger partial charge in [0.2, 0.25) is 0 Å². The van der Waals surface area contributed by atoms with Gasteiger partial charge >= 0.3 is 0 Å². The van der Waals surface area contributed by atoms with E-state index in [1.165, 1.54) is 11.8 Å². The van der Waals surface area contributed by atoms with Gasteiger partial charge in [0.25, 0.3) is 0 Å². The van der Waals surface area contributed by atoms with Crippen molar-refractivity contribution in [2.45, 2.75) is 63.7 Å². The number of phenolic OH excluding ortho intramolecular Hbond substituents is 1. The van der Waals surface area contributed by atoms with Crippen LogP contribution in [0, 0.1) is 10.7 Å². The minimum atomic E-state index is -0.136. The third-order valence-corrected chi connectivity index (χ3v) is 4.82. The Bertz CT molecular complexity index is 735. The molecule has 2 rings (SSSR count). The Balaban J connectivity index is 2.55. The van der Waals surface area contributed by atoms with Crippen LogP contribution >= 0.6 is 11.8 Å². The summed E-state index contributed by atoms with van der Waals surface area (Å²) in [6.07, 6.45) is 4.54. The quantitative estimate of drug-likeness (QED) is 0.573. The number of thiocyanates is 1. The monoisotopic (exact) mass is 342 g/mol. The molecule has 0 bridgehead atoms. The van der Waals surface area contributed by atoms with Crippen molar-refractivity contribution in [3.05, 3.63) is 46.8 Å². The van der Waals surface area contributed by atoms with Gasteiger partial charge in [-0.15, -0.1) is 0 Å². The molecule has 0 spiro atoms. The van der Waals surface area contributed by atoms with E-state index in [9.17, 15) is 5.11 Å². The summed E-state index contributed by atoms with van der Waals surface area (Å²) >= 11 is 1.18. The van der Waals surface area contributed by atoms with Crippen molar-refractivity contribution >= 4 is 11.8 Å². The van der Waals surface area contributed by atoms with Crippen LogP contribution in [0.4, 0.5) is 0 Å². The molecule has 2 N–H and O–H groups in total. The first-order valence-corrected chi connectivity index (χ1v) is 8.94. The molecule has 1 aromatic heterocycles. The van der Waals surface area contributed by atoms with Gasteiger partial charge in [-0.25, -0.2) is 0 Å². The zero-order valence-electron chi connectivity index (χ0n) is 15.3. The second-order valence-electron chi connectivity index (χ2n) is 8.25. The van der Waals surface area contributed by atoms with Crippen molar-refractivity contribution in [3.8, 4) is 11.2 Å². The van der Waals surface area contributed by atoms with Gasteiger partial charge in [-0.2, -0.15) is 5.26 Å². The summed E-state index contributed by atoms with van der Waals surface area (Å²) in [4.78, 5) is 4.04. The van der Waals surface area contributed by atoms with Crippen LogP contribution in [-0.2, 0) is 17.3 Å². The Morgan fingerprint density at radius 1 is 1.04 bits per heavy atom. The van der Waals surface area contributed by atoms with Crippen LogP contribution in [0.3, 0.4) is 0 Å². The molecule has 1 heterocycles. The van der Waals surface area contributed by atoms with Gasteiger partial charge < -0.3 is 10.1 Å². The maximum absolute atomic E-state index is 10.8. The average Bonchev–Trinajstić information content (AvgIpc) is 2.86. The summed E-state index contributed by atoms with van der Waals surface area (Å²) in [5.74, 6) is 0.402. The molecule has 0 aliphatic rings. The Morgan fingerprint density at radius 3 is 2.04 bits per heavy atom. The molecule has 1 aromatic carbocycles. The first kappa shape index (κ1) is 18.5. The summed E-state index contributed by atoms with van der Waals surface area (Å²) < 4.78 is 0. The van der Waals surface area contributed by atoms with Gasteiger partial charge in [0, 0.05) is 23.7 Å². The molecule has 2 aromatic rings. The molecule has 0 fully saturated rings. The van der Waals surface area contributed by atoms with Crippen LogP contribution in [0.15, 0.2) is 29.4 Å². The first-order valence-electron chi connectivity index (χ1n) is 8.12. The standard InChI is InChI=1S/C20H26N2OS/c1-19(2,3)15-8-13(9-16(18(15)23)20(4,5)6)7-14-10-22-11-17(14)24-12-21/h8-11,22-23H,7H2,1-6H3. The van der Waals surface area contributed by atoms with Crippen LogP contribution in [0.2, 0.25) is 0 Å². The molecule has 0 aliphatic carbocycles. The van der Waals surface area contributed by atoms with E-state index in [-0.39, 0.29) is 10.8 Å². The summed E-state index contributed by atoms with van der Waals surface area (Å²) in [7, 11) is 0. The number of aromatic hydroxyl groups is 1. The number of hydrogen-bond acceptors (Lipinski definition) is 3. The van der Waals surface area contributed by atoms with Gasteiger partial charge in [0.05, 0.1) is 0 Å². The lowest BCUT2D eigenvalue weighted by Gasteiger charge is -2.28. The second kappa shape index (κ2) is 6.57. The smallest absolute Gasteiger partial charge is 0.138 e. The maximum Gasteiger partial charge on any atom is 0.138 e. The number of nitriles is 1. The van der Waals surface area contributed by atoms with Gasteiger partial charge in [0.1, 0.15) is 11.2 Å². The number of thioether (sulfide) groups is 1. The molecule has 0 unspecified atom stereocenters. The zero-order valence-corrected chi connectivity index (χ0v) is 16.1. The topological polar surface area (TPSA) is 59.8 Å². The summed E-state index contributed by atoms with van der Waals surface area (Å²) in [5, 5.41) is 21.9. The largest absolute Gasteiger partial charge is 0.507 e. The lowest BCUT2D eigenvalue weighted by Crippen LogP contribution is -2.18. The fourth-order valence-electron chi connectivity index (χ4n) is 2.82. The normalized spacial score (nSPS) is 12.2. The SMILES string of the molecule is CC(C)(C)c1cc(Cc2c[nH]cc2SC#N)cc(C(C)(C)C)c1O. The van der Waals surface area contributed by atoms with Crippen molar-refractivity contribution in [1.29, 1.82) is 5.26 Å². The Kier molecular flexibility index (Phi) is 5.05. The van der Waals surface area contributed by atoms with Crippen molar-refractivity contribution in [3.63, 3.8) is 0 Å².